The molecule has 7 heteroatoms. The Hall–Kier alpha value is -1.08. The lowest BCUT2D eigenvalue weighted by molar-refractivity contribution is -0.157. The molecule has 0 aliphatic heterocycles. The Kier molecular flexibility index (Phi) is 12.6. The fourth-order valence-electron chi connectivity index (χ4n) is 2.08. The van der Waals surface area contributed by atoms with E-state index in [1.54, 1.807) is 18.7 Å². The van der Waals surface area contributed by atoms with E-state index in [0.717, 1.165) is 12.8 Å². The number of nitrogens with two attached hydrogens (primary N) is 1. The van der Waals surface area contributed by atoms with Crippen molar-refractivity contribution in [1.82, 2.24) is 0 Å². The first kappa shape index (κ1) is 24.9. The summed E-state index contributed by atoms with van der Waals surface area (Å²) in [6.45, 7) is 9.35. The van der Waals surface area contributed by atoms with Gasteiger partial charge in [0, 0.05) is 24.0 Å². The molecule has 0 saturated carbocycles. The summed E-state index contributed by atoms with van der Waals surface area (Å²) in [7, 11) is 0. The maximum absolute atomic E-state index is 12.1. The van der Waals surface area contributed by atoms with E-state index in [-0.39, 0.29) is 30.7 Å². The largest absolute Gasteiger partial charge is 0.462 e. The standard InChI is InChI=1S/C19H35NO5S/c1-6-8-9-17(22)25-14(12-24-16(21)7-2)13-26-11-10-15(20)18(23)19(3,4)5/h14-15H,6-13,20H2,1-5H3/t14-,15?/m0/s1. The predicted octanol–water partition coefficient (Wildman–Crippen LogP) is 3.11. The molecule has 2 N–H and O–H groups in total. The normalized spacial score (nSPS) is 13.8. The van der Waals surface area contributed by atoms with E-state index in [2.05, 4.69) is 0 Å². The van der Waals surface area contributed by atoms with Gasteiger partial charge in [-0.1, -0.05) is 41.0 Å². The molecule has 26 heavy (non-hydrogen) atoms. The quantitative estimate of drug-likeness (QED) is 0.382. The van der Waals surface area contributed by atoms with Crippen molar-refractivity contribution in [1.29, 1.82) is 0 Å². The van der Waals surface area contributed by atoms with Crippen LogP contribution >= 0.6 is 11.8 Å². The highest BCUT2D eigenvalue weighted by Crippen LogP contribution is 2.19. The van der Waals surface area contributed by atoms with E-state index in [0.29, 0.717) is 24.3 Å². The fourth-order valence-corrected chi connectivity index (χ4v) is 3.10. The van der Waals surface area contributed by atoms with Crippen LogP contribution in [0.1, 0.15) is 66.7 Å². The second-order valence-corrected chi connectivity index (χ2v) is 8.49. The molecule has 6 nitrogen and oxygen atoms in total. The van der Waals surface area contributed by atoms with E-state index >= 15 is 0 Å². The van der Waals surface area contributed by atoms with Gasteiger partial charge < -0.3 is 15.2 Å². The summed E-state index contributed by atoms with van der Waals surface area (Å²) in [6, 6.07) is -0.494. The summed E-state index contributed by atoms with van der Waals surface area (Å²) in [5, 5.41) is 0. The molecule has 0 spiro atoms. The van der Waals surface area contributed by atoms with Crippen LogP contribution in [0, 0.1) is 5.41 Å². The number of ether oxygens (including phenoxy) is 2. The number of esters is 2. The van der Waals surface area contributed by atoms with Crippen molar-refractivity contribution >= 4 is 29.5 Å². The molecule has 0 heterocycles. The van der Waals surface area contributed by atoms with Gasteiger partial charge in [-0.05, 0) is 18.6 Å². The van der Waals surface area contributed by atoms with Crippen molar-refractivity contribution in [2.45, 2.75) is 78.9 Å². The molecular formula is C19H35NO5S. The highest BCUT2D eigenvalue weighted by molar-refractivity contribution is 7.99. The van der Waals surface area contributed by atoms with Crippen LogP contribution in [0.4, 0.5) is 0 Å². The second-order valence-electron chi connectivity index (χ2n) is 7.34. The van der Waals surface area contributed by atoms with E-state index in [9.17, 15) is 14.4 Å². The average Bonchev–Trinajstić information content (AvgIpc) is 2.58. The molecule has 0 aliphatic carbocycles. The molecule has 0 aromatic rings. The first-order valence-corrected chi connectivity index (χ1v) is 10.5. The minimum Gasteiger partial charge on any atom is -0.462 e. The van der Waals surface area contributed by atoms with Crippen molar-refractivity contribution in [3.8, 4) is 0 Å². The molecule has 1 unspecified atom stereocenters. The van der Waals surface area contributed by atoms with Crippen molar-refractivity contribution in [3.05, 3.63) is 0 Å². The summed E-state index contributed by atoms with van der Waals surface area (Å²) >= 11 is 1.54. The summed E-state index contributed by atoms with van der Waals surface area (Å²) < 4.78 is 10.5. The van der Waals surface area contributed by atoms with Crippen LogP contribution in [0.15, 0.2) is 0 Å². The summed E-state index contributed by atoms with van der Waals surface area (Å²) in [5.74, 6) is 0.628. The second kappa shape index (κ2) is 13.1. The molecule has 0 aromatic heterocycles. The lowest BCUT2D eigenvalue weighted by atomic mass is 9.86. The third kappa shape index (κ3) is 11.5. The van der Waals surface area contributed by atoms with Gasteiger partial charge in [-0.2, -0.15) is 11.8 Å². The van der Waals surface area contributed by atoms with E-state index in [1.807, 2.05) is 27.7 Å². The van der Waals surface area contributed by atoms with Crippen molar-refractivity contribution in [2.75, 3.05) is 18.1 Å². The van der Waals surface area contributed by atoms with Gasteiger partial charge in [0.25, 0.3) is 0 Å². The number of carbonyl (C=O) groups excluding carboxylic acids is 3. The third-order valence-electron chi connectivity index (χ3n) is 3.70. The van der Waals surface area contributed by atoms with Crippen molar-refractivity contribution in [3.63, 3.8) is 0 Å². The highest BCUT2D eigenvalue weighted by Gasteiger charge is 2.26. The first-order chi connectivity index (χ1) is 12.1. The molecule has 0 amide bonds. The van der Waals surface area contributed by atoms with Crippen LogP contribution in [-0.4, -0.2) is 48.0 Å². The van der Waals surface area contributed by atoms with Gasteiger partial charge in [-0.15, -0.1) is 0 Å². The van der Waals surface area contributed by atoms with Crippen molar-refractivity contribution < 1.29 is 23.9 Å². The van der Waals surface area contributed by atoms with Crippen LogP contribution < -0.4 is 5.73 Å². The van der Waals surface area contributed by atoms with Gasteiger partial charge in [-0.3, -0.25) is 14.4 Å². The molecule has 2 atom stereocenters. The fraction of sp³-hybridized carbons (Fsp3) is 0.842. The number of hydrogen-bond donors (Lipinski definition) is 1. The van der Waals surface area contributed by atoms with Gasteiger partial charge in [-0.25, -0.2) is 0 Å². The highest BCUT2D eigenvalue weighted by atomic mass is 32.2. The Morgan fingerprint density at radius 3 is 2.31 bits per heavy atom. The minimum atomic E-state index is -0.494. The maximum Gasteiger partial charge on any atom is 0.306 e. The summed E-state index contributed by atoms with van der Waals surface area (Å²) in [6.07, 6.45) is 2.43. The topological polar surface area (TPSA) is 95.7 Å². The smallest absolute Gasteiger partial charge is 0.306 e. The molecular weight excluding hydrogens is 354 g/mol. The Bertz CT molecular complexity index is 448. The predicted molar refractivity (Wildman–Crippen MR) is 105 cm³/mol. The average molecular weight is 390 g/mol. The number of ketones is 1. The van der Waals surface area contributed by atoms with Gasteiger partial charge in [0.1, 0.15) is 12.7 Å². The molecule has 0 aromatic carbocycles. The number of carbonyl (C=O) groups is 3. The molecule has 0 aliphatic rings. The SMILES string of the molecule is CCCCC(=O)O[C@@H](COC(=O)CC)CSCCC(N)C(=O)C(C)(C)C. The zero-order valence-corrected chi connectivity index (χ0v) is 17.7. The first-order valence-electron chi connectivity index (χ1n) is 9.34. The maximum atomic E-state index is 12.1. The molecule has 0 bridgehead atoms. The third-order valence-corrected chi connectivity index (χ3v) is 4.84. The monoisotopic (exact) mass is 389 g/mol. The Morgan fingerprint density at radius 1 is 1.12 bits per heavy atom. The number of rotatable bonds is 13. The Balaban J connectivity index is 4.37. The van der Waals surface area contributed by atoms with E-state index in [1.165, 1.54) is 0 Å². The lowest BCUT2D eigenvalue weighted by Gasteiger charge is -2.22. The van der Waals surface area contributed by atoms with E-state index in [4.69, 9.17) is 15.2 Å². The molecule has 152 valence electrons. The molecule has 0 rings (SSSR count). The molecule has 0 saturated heterocycles. The summed E-state index contributed by atoms with van der Waals surface area (Å²) in [5.41, 5.74) is 5.51. The zero-order valence-electron chi connectivity index (χ0n) is 16.8. The van der Waals surface area contributed by atoms with Gasteiger partial charge >= 0.3 is 11.9 Å². The van der Waals surface area contributed by atoms with Crippen LogP contribution in [0.25, 0.3) is 0 Å². The summed E-state index contributed by atoms with van der Waals surface area (Å²) in [4.78, 5) is 35.3. The number of Topliss-reactive ketones (excluding diaryl/α,β-unsaturated/α-hetero) is 1. The van der Waals surface area contributed by atoms with Gasteiger partial charge in [0.2, 0.25) is 0 Å². The number of thioether (sulfide) groups is 1. The van der Waals surface area contributed by atoms with E-state index < -0.39 is 17.6 Å². The molecule has 0 radical (unpaired) electrons. The van der Waals surface area contributed by atoms with Gasteiger partial charge in [0.15, 0.2) is 5.78 Å². The minimum absolute atomic E-state index is 0.0394. The number of hydrogen-bond acceptors (Lipinski definition) is 7. The Labute approximate surface area is 161 Å². The van der Waals surface area contributed by atoms with Crippen LogP contribution in [0.2, 0.25) is 0 Å². The lowest BCUT2D eigenvalue weighted by Crippen LogP contribution is -2.39. The zero-order chi connectivity index (χ0) is 20.2. The van der Waals surface area contributed by atoms with Crippen molar-refractivity contribution in [2.24, 2.45) is 11.1 Å². The van der Waals surface area contributed by atoms with Crippen LogP contribution in [-0.2, 0) is 23.9 Å². The Morgan fingerprint density at radius 2 is 1.77 bits per heavy atom. The van der Waals surface area contributed by atoms with Gasteiger partial charge in [0.05, 0.1) is 6.04 Å². The van der Waals surface area contributed by atoms with Crippen LogP contribution in [0.5, 0.6) is 0 Å². The van der Waals surface area contributed by atoms with Crippen LogP contribution in [0.3, 0.4) is 0 Å². The number of unbranched alkanes of at least 4 members (excludes halogenated alkanes) is 1. The molecule has 0 fully saturated rings.